The smallest absolute Gasteiger partial charge is 0.133 e. The Kier molecular flexibility index (Phi) is 4.29. The number of aliphatic hydroxyl groups is 1. The molecule has 0 amide bonds. The summed E-state index contributed by atoms with van der Waals surface area (Å²) in [5, 5.41) is 10.7. The van der Waals surface area contributed by atoms with Crippen LogP contribution in [0.3, 0.4) is 0 Å². The first kappa shape index (κ1) is 17.7. The third kappa shape index (κ3) is 2.64. The van der Waals surface area contributed by atoms with Crippen molar-refractivity contribution in [2.24, 2.45) is 40.4 Å². The van der Waals surface area contributed by atoms with E-state index in [0.717, 1.165) is 44.9 Å². The largest absolute Gasteiger partial charge is 0.390 e. The molecule has 3 nitrogen and oxygen atoms in total. The number of hydrogen-bond acceptors (Lipinski definition) is 3. The summed E-state index contributed by atoms with van der Waals surface area (Å²) in [6.45, 7) is 5.64. The highest BCUT2D eigenvalue weighted by Gasteiger charge is 2.62. The first-order chi connectivity index (χ1) is 12.7. The van der Waals surface area contributed by atoms with Crippen LogP contribution in [0, 0.1) is 40.4 Å². The van der Waals surface area contributed by atoms with Crippen LogP contribution in [-0.2, 0) is 9.53 Å². The molecule has 1 unspecified atom stereocenters. The van der Waals surface area contributed by atoms with Crippen LogP contribution in [0.2, 0.25) is 0 Å². The lowest BCUT2D eigenvalue weighted by Gasteiger charge is -2.62. The first-order valence-corrected chi connectivity index (χ1v) is 10.8. The molecule has 1 N–H and O–H groups in total. The van der Waals surface area contributed by atoms with Gasteiger partial charge in [0, 0.05) is 13.0 Å². The molecule has 0 bridgehead atoms. The summed E-state index contributed by atoms with van der Waals surface area (Å²) >= 11 is 0. The van der Waals surface area contributed by atoms with Crippen molar-refractivity contribution in [3.05, 3.63) is 0 Å². The fraction of sp³-hybridized carbons (Fsp3) is 0.957. The van der Waals surface area contributed by atoms with Crippen molar-refractivity contribution in [3.63, 3.8) is 0 Å². The number of carbonyl (C=O) groups is 1. The topological polar surface area (TPSA) is 46.5 Å². The van der Waals surface area contributed by atoms with Crippen LogP contribution in [0.1, 0.15) is 79.9 Å². The molecule has 0 spiro atoms. The lowest BCUT2D eigenvalue weighted by molar-refractivity contribution is -0.175. The van der Waals surface area contributed by atoms with Crippen LogP contribution < -0.4 is 0 Å². The lowest BCUT2D eigenvalue weighted by Crippen LogP contribution is -2.58. The van der Waals surface area contributed by atoms with Crippen molar-refractivity contribution >= 4 is 5.78 Å². The molecule has 0 heterocycles. The molecule has 4 aliphatic carbocycles. The average Bonchev–Trinajstić information content (AvgIpc) is 2.97. The van der Waals surface area contributed by atoms with E-state index in [1.165, 1.54) is 12.8 Å². The fourth-order valence-electron chi connectivity index (χ4n) is 8.25. The summed E-state index contributed by atoms with van der Waals surface area (Å²) in [4.78, 5) is 12.3. The minimum atomic E-state index is -0.593. The molecular weight excluding hydrogens is 324 g/mol. The molecule has 9 atom stereocenters. The Hall–Kier alpha value is -0.410. The highest BCUT2D eigenvalue weighted by molar-refractivity contribution is 5.79. The molecule has 26 heavy (non-hydrogen) atoms. The monoisotopic (exact) mass is 363 g/mol. The van der Waals surface area contributed by atoms with Crippen molar-refractivity contribution in [3.8, 4) is 0 Å². The van der Waals surface area contributed by atoms with Gasteiger partial charge in [-0.2, -0.15) is 0 Å². The van der Waals surface area contributed by atoms with Crippen LogP contribution in [0.25, 0.3) is 0 Å². The minimum Gasteiger partial charge on any atom is -0.390 e. The van der Waals surface area contributed by atoms with E-state index in [4.69, 9.17) is 6.11 Å². The van der Waals surface area contributed by atoms with Gasteiger partial charge in [0.05, 0.1) is 13.6 Å². The summed E-state index contributed by atoms with van der Waals surface area (Å²) < 4.78 is 14.6. The van der Waals surface area contributed by atoms with E-state index in [2.05, 4.69) is 6.92 Å². The van der Waals surface area contributed by atoms with Crippen molar-refractivity contribution < 1.29 is 16.0 Å². The van der Waals surface area contributed by atoms with Crippen molar-refractivity contribution in [2.75, 3.05) is 13.7 Å². The fourth-order valence-corrected chi connectivity index (χ4v) is 8.25. The van der Waals surface area contributed by atoms with Crippen LogP contribution >= 0.6 is 0 Å². The van der Waals surface area contributed by atoms with E-state index in [1.807, 2.05) is 6.92 Å². The van der Waals surface area contributed by atoms with Gasteiger partial charge in [0.15, 0.2) is 0 Å². The standard InChI is InChI=1S/C23H38O3/c1-15(24)18-7-8-19-17-6-5-16-13-21(2,25)11-12-23(16,14-26-4)20(17)9-10-22(18,19)3/h16-20,25H,5-14H2,1-4H3/t16-,17+,18-,19+,20+,21-,22-,23-/m1/s1/i14D/t14?,16-,17+,18-,19+,20+,21-,22-,23-. The van der Waals surface area contributed by atoms with Gasteiger partial charge in [-0.25, -0.2) is 0 Å². The molecule has 4 fully saturated rings. The second kappa shape index (κ2) is 6.30. The molecule has 0 saturated heterocycles. The Balaban J connectivity index is 1.69. The van der Waals surface area contributed by atoms with Gasteiger partial charge in [0.25, 0.3) is 0 Å². The number of methoxy groups -OCH3 is 1. The van der Waals surface area contributed by atoms with Crippen LogP contribution in [0.4, 0.5) is 0 Å². The molecule has 4 rings (SSSR count). The van der Waals surface area contributed by atoms with E-state index in [9.17, 15) is 9.90 Å². The summed E-state index contributed by atoms with van der Waals surface area (Å²) in [5.41, 5.74) is -0.550. The number of hydrogen-bond donors (Lipinski definition) is 1. The normalized spacial score (nSPS) is 55.3. The average molecular weight is 364 g/mol. The van der Waals surface area contributed by atoms with Gasteiger partial charge >= 0.3 is 0 Å². The SMILES string of the molecule is [2H]C(OC)[C@]12CC[C@@](C)(O)C[C@H]1CC[C@H]1[C@@H]3CC[C@H](C(C)=O)[C@@]3(C)CC[C@@H]12. The lowest BCUT2D eigenvalue weighted by atomic mass is 9.43. The number of rotatable bonds is 3. The van der Waals surface area contributed by atoms with Gasteiger partial charge in [-0.3, -0.25) is 4.79 Å². The van der Waals surface area contributed by atoms with Gasteiger partial charge in [-0.1, -0.05) is 6.92 Å². The Morgan fingerprint density at radius 2 is 1.88 bits per heavy atom. The summed E-state index contributed by atoms with van der Waals surface area (Å²) in [7, 11) is 1.69. The van der Waals surface area contributed by atoms with Gasteiger partial charge in [0.1, 0.15) is 5.78 Å². The summed E-state index contributed by atoms with van der Waals surface area (Å²) in [5.74, 6) is 2.76. The highest BCUT2D eigenvalue weighted by Crippen LogP contribution is 2.68. The van der Waals surface area contributed by atoms with Gasteiger partial charge in [0.2, 0.25) is 0 Å². The van der Waals surface area contributed by atoms with Crippen LogP contribution in [0.5, 0.6) is 0 Å². The van der Waals surface area contributed by atoms with Gasteiger partial charge in [-0.05, 0) is 106 Å². The van der Waals surface area contributed by atoms with Crippen molar-refractivity contribution in [1.29, 1.82) is 0 Å². The van der Waals surface area contributed by atoms with Crippen LogP contribution in [-0.4, -0.2) is 30.2 Å². The Bertz CT molecular complexity index is 604. The molecule has 0 aliphatic heterocycles. The Labute approximate surface area is 160 Å². The Morgan fingerprint density at radius 1 is 1.12 bits per heavy atom. The molecule has 0 aromatic heterocycles. The second-order valence-corrected chi connectivity index (χ2v) is 10.6. The summed E-state index contributed by atoms with van der Waals surface area (Å²) in [6.07, 6.45) is 9.28. The van der Waals surface area contributed by atoms with Crippen molar-refractivity contribution in [1.82, 2.24) is 0 Å². The molecule has 0 aromatic rings. The third-order valence-corrected chi connectivity index (χ3v) is 9.35. The zero-order valence-electron chi connectivity index (χ0n) is 18.1. The number of carbonyl (C=O) groups excluding carboxylic acids is 1. The molecule has 4 saturated carbocycles. The Morgan fingerprint density at radius 3 is 2.58 bits per heavy atom. The molecule has 0 aromatic carbocycles. The second-order valence-electron chi connectivity index (χ2n) is 10.6. The quantitative estimate of drug-likeness (QED) is 0.796. The third-order valence-electron chi connectivity index (χ3n) is 9.35. The maximum absolute atomic E-state index is 12.3. The number of fused-ring (bicyclic) bond motifs is 5. The highest BCUT2D eigenvalue weighted by atomic mass is 16.5. The number of ether oxygens (including phenoxy) is 1. The zero-order valence-corrected chi connectivity index (χ0v) is 17.1. The van der Waals surface area contributed by atoms with E-state index in [-0.39, 0.29) is 16.7 Å². The molecule has 0 radical (unpaired) electrons. The minimum absolute atomic E-state index is 0.116. The van der Waals surface area contributed by atoms with Crippen LogP contribution in [0.15, 0.2) is 0 Å². The van der Waals surface area contributed by atoms with E-state index in [1.54, 1.807) is 14.0 Å². The number of Topliss-reactive ketones (excluding diaryl/α,β-unsaturated/α-hetero) is 1. The van der Waals surface area contributed by atoms with Gasteiger partial charge in [-0.15, -0.1) is 0 Å². The predicted octanol–water partition coefficient (Wildman–Crippen LogP) is 4.61. The molecule has 3 heteroatoms. The molecular formula is C23H38O3. The summed E-state index contributed by atoms with van der Waals surface area (Å²) in [6, 6.07) is 0. The zero-order chi connectivity index (χ0) is 19.6. The van der Waals surface area contributed by atoms with Crippen molar-refractivity contribution in [2.45, 2.75) is 84.2 Å². The van der Waals surface area contributed by atoms with Gasteiger partial charge < -0.3 is 9.84 Å². The predicted molar refractivity (Wildman–Crippen MR) is 103 cm³/mol. The van der Waals surface area contributed by atoms with E-state index < -0.39 is 12.2 Å². The van der Waals surface area contributed by atoms with E-state index >= 15 is 0 Å². The molecule has 4 aliphatic rings. The van der Waals surface area contributed by atoms with E-state index in [0.29, 0.717) is 29.5 Å². The maximum atomic E-state index is 12.3. The first-order valence-electron chi connectivity index (χ1n) is 11.4. The maximum Gasteiger partial charge on any atom is 0.133 e. The molecule has 148 valence electrons. The number of ketones is 1.